The molecule has 0 aliphatic heterocycles. The minimum atomic E-state index is 0.833. The Morgan fingerprint density at radius 2 is 2.10 bits per heavy atom. The van der Waals surface area contributed by atoms with Crippen molar-refractivity contribution in [3.63, 3.8) is 0 Å². The van der Waals surface area contributed by atoms with E-state index in [1.165, 1.54) is 6.42 Å². The number of rotatable bonds is 1. The quantitative estimate of drug-likeness (QED) is 0.488. The van der Waals surface area contributed by atoms with Crippen LogP contribution in [0.3, 0.4) is 0 Å². The highest BCUT2D eigenvalue weighted by atomic mass is 14.3. The molecular weight excluding hydrogens is 120 g/mol. The van der Waals surface area contributed by atoms with Gasteiger partial charge in [0.15, 0.2) is 0 Å². The maximum absolute atomic E-state index is 2.40. The zero-order chi connectivity index (χ0) is 7.72. The molecule has 1 aliphatic carbocycles. The molecule has 0 heteroatoms. The first-order valence-electron chi connectivity index (χ1n) is 4.29. The minimum absolute atomic E-state index is 0.833. The van der Waals surface area contributed by atoms with Gasteiger partial charge in [-0.2, -0.15) is 0 Å². The highest BCUT2D eigenvalue weighted by molar-refractivity contribution is 5.11. The van der Waals surface area contributed by atoms with Crippen molar-refractivity contribution < 1.29 is 0 Å². The van der Waals surface area contributed by atoms with Crippen molar-refractivity contribution in [2.24, 2.45) is 17.8 Å². The Hall–Kier alpha value is -0.260. The topological polar surface area (TPSA) is 0 Å². The van der Waals surface area contributed by atoms with Crippen LogP contribution in [0.4, 0.5) is 0 Å². The summed E-state index contributed by atoms with van der Waals surface area (Å²) in [6.07, 6.45) is 3.71. The smallest absolute Gasteiger partial charge is 0.0201 e. The molecule has 0 aromatic rings. The maximum Gasteiger partial charge on any atom is -0.0201 e. The molecule has 2 unspecified atom stereocenters. The van der Waals surface area contributed by atoms with E-state index in [4.69, 9.17) is 0 Å². The van der Waals surface area contributed by atoms with Crippen LogP contribution in [0.1, 0.15) is 34.1 Å². The van der Waals surface area contributed by atoms with Gasteiger partial charge in [0.2, 0.25) is 0 Å². The van der Waals surface area contributed by atoms with Crippen molar-refractivity contribution in [3.8, 4) is 0 Å². The van der Waals surface area contributed by atoms with Gasteiger partial charge in [-0.15, -0.1) is 0 Å². The van der Waals surface area contributed by atoms with Gasteiger partial charge in [-0.25, -0.2) is 0 Å². The van der Waals surface area contributed by atoms with Gasteiger partial charge in [-0.1, -0.05) is 32.4 Å². The molecule has 0 N–H and O–H groups in total. The fourth-order valence-corrected chi connectivity index (χ4v) is 1.90. The summed E-state index contributed by atoms with van der Waals surface area (Å²) in [6, 6.07) is 0. The fraction of sp³-hybridized carbons (Fsp3) is 0.800. The van der Waals surface area contributed by atoms with Crippen LogP contribution in [0.5, 0.6) is 0 Å². The molecule has 0 heterocycles. The van der Waals surface area contributed by atoms with E-state index >= 15 is 0 Å². The molecule has 0 nitrogen and oxygen atoms in total. The molecule has 0 saturated carbocycles. The van der Waals surface area contributed by atoms with Gasteiger partial charge in [0.05, 0.1) is 0 Å². The first-order chi connectivity index (χ1) is 4.63. The molecule has 1 rings (SSSR count). The molecule has 1 aliphatic rings. The third kappa shape index (κ3) is 1.25. The molecule has 0 radical (unpaired) electrons. The van der Waals surface area contributed by atoms with Crippen molar-refractivity contribution in [1.29, 1.82) is 0 Å². The van der Waals surface area contributed by atoms with Gasteiger partial charge in [0.25, 0.3) is 0 Å². The average Bonchev–Trinajstić information content (AvgIpc) is 2.14. The predicted octanol–water partition coefficient (Wildman–Crippen LogP) is 3.24. The summed E-state index contributed by atoms with van der Waals surface area (Å²) in [5.41, 5.74) is 1.60. The van der Waals surface area contributed by atoms with Gasteiger partial charge >= 0.3 is 0 Å². The highest BCUT2D eigenvalue weighted by Gasteiger charge is 2.25. The monoisotopic (exact) mass is 138 g/mol. The van der Waals surface area contributed by atoms with Crippen LogP contribution in [-0.4, -0.2) is 0 Å². The summed E-state index contributed by atoms with van der Waals surface area (Å²) in [5, 5.41) is 0. The Labute approximate surface area is 64.3 Å². The van der Waals surface area contributed by atoms with E-state index in [0.29, 0.717) is 0 Å². The Bertz CT molecular complexity index is 142. The lowest BCUT2D eigenvalue weighted by molar-refractivity contribution is 0.327. The van der Waals surface area contributed by atoms with Crippen LogP contribution in [0.2, 0.25) is 0 Å². The fourth-order valence-electron chi connectivity index (χ4n) is 1.90. The normalized spacial score (nSPS) is 33.1. The molecule has 58 valence electrons. The molecule has 0 bridgehead atoms. The molecule has 2 atom stereocenters. The molecule has 10 heavy (non-hydrogen) atoms. The Morgan fingerprint density at radius 3 is 2.30 bits per heavy atom. The van der Waals surface area contributed by atoms with E-state index in [1.807, 2.05) is 0 Å². The largest absolute Gasteiger partial charge is 0.0850 e. The van der Waals surface area contributed by atoms with Crippen LogP contribution in [0.25, 0.3) is 0 Å². The van der Waals surface area contributed by atoms with Crippen molar-refractivity contribution >= 4 is 0 Å². The van der Waals surface area contributed by atoms with Gasteiger partial charge in [-0.3, -0.25) is 0 Å². The Morgan fingerprint density at radius 1 is 1.50 bits per heavy atom. The minimum Gasteiger partial charge on any atom is -0.0850 e. The summed E-state index contributed by atoms with van der Waals surface area (Å²) >= 11 is 0. The first kappa shape index (κ1) is 7.84. The summed E-state index contributed by atoms with van der Waals surface area (Å²) in [5.74, 6) is 2.60. The van der Waals surface area contributed by atoms with E-state index in [9.17, 15) is 0 Å². The number of hydrogen-bond donors (Lipinski definition) is 0. The van der Waals surface area contributed by atoms with Crippen molar-refractivity contribution in [2.75, 3.05) is 0 Å². The third-order valence-corrected chi connectivity index (χ3v) is 2.93. The lowest BCUT2D eigenvalue weighted by Gasteiger charge is -2.20. The van der Waals surface area contributed by atoms with Gasteiger partial charge < -0.3 is 0 Å². The van der Waals surface area contributed by atoms with Gasteiger partial charge in [0.1, 0.15) is 0 Å². The maximum atomic E-state index is 2.40. The summed E-state index contributed by atoms with van der Waals surface area (Å²) in [7, 11) is 0. The Balaban J connectivity index is 2.56. The summed E-state index contributed by atoms with van der Waals surface area (Å²) < 4.78 is 0. The molecule has 0 spiro atoms. The molecule has 0 aromatic heterocycles. The van der Waals surface area contributed by atoms with Gasteiger partial charge in [0, 0.05) is 0 Å². The van der Waals surface area contributed by atoms with Crippen molar-refractivity contribution in [1.82, 2.24) is 0 Å². The second kappa shape index (κ2) is 2.77. The summed E-state index contributed by atoms with van der Waals surface area (Å²) in [6.45, 7) is 9.26. The molecule has 0 aromatic carbocycles. The SMILES string of the molecule is CC1=CCC(C(C)C)C1C. The first-order valence-corrected chi connectivity index (χ1v) is 4.29. The molecule has 0 saturated heterocycles. The predicted molar refractivity (Wildman–Crippen MR) is 45.9 cm³/mol. The zero-order valence-electron chi connectivity index (χ0n) is 7.52. The molecule has 0 fully saturated rings. The molecular formula is C10H18. The average molecular weight is 138 g/mol. The van der Waals surface area contributed by atoms with E-state index in [2.05, 4.69) is 33.8 Å². The number of allylic oxidation sites excluding steroid dienone is 2. The van der Waals surface area contributed by atoms with Crippen molar-refractivity contribution in [2.45, 2.75) is 34.1 Å². The van der Waals surface area contributed by atoms with Crippen LogP contribution in [0, 0.1) is 17.8 Å². The second-order valence-corrected chi connectivity index (χ2v) is 3.88. The second-order valence-electron chi connectivity index (χ2n) is 3.88. The Kier molecular flexibility index (Phi) is 2.18. The van der Waals surface area contributed by atoms with Crippen molar-refractivity contribution in [3.05, 3.63) is 11.6 Å². The number of hydrogen-bond acceptors (Lipinski definition) is 0. The van der Waals surface area contributed by atoms with Crippen LogP contribution < -0.4 is 0 Å². The van der Waals surface area contributed by atoms with E-state index in [1.54, 1.807) is 5.57 Å². The zero-order valence-corrected chi connectivity index (χ0v) is 7.52. The lowest BCUT2D eigenvalue weighted by Crippen LogP contribution is -2.13. The van der Waals surface area contributed by atoms with Gasteiger partial charge in [-0.05, 0) is 31.1 Å². The standard InChI is InChI=1S/C10H18/c1-7(2)10-6-5-8(3)9(10)4/h5,7,9-10H,6H2,1-4H3. The van der Waals surface area contributed by atoms with E-state index < -0.39 is 0 Å². The molecule has 0 amide bonds. The van der Waals surface area contributed by atoms with Crippen LogP contribution in [-0.2, 0) is 0 Å². The van der Waals surface area contributed by atoms with E-state index in [-0.39, 0.29) is 0 Å². The van der Waals surface area contributed by atoms with Crippen LogP contribution in [0.15, 0.2) is 11.6 Å². The third-order valence-electron chi connectivity index (χ3n) is 2.93. The van der Waals surface area contributed by atoms with E-state index in [0.717, 1.165) is 17.8 Å². The highest BCUT2D eigenvalue weighted by Crippen LogP contribution is 2.35. The van der Waals surface area contributed by atoms with Crippen LogP contribution >= 0.6 is 0 Å². The lowest BCUT2D eigenvalue weighted by atomic mass is 9.85. The summed E-state index contributed by atoms with van der Waals surface area (Å²) in [4.78, 5) is 0.